The Morgan fingerprint density at radius 3 is 2.83 bits per heavy atom. The number of carbonyl (C=O) groups excluding carboxylic acids is 2. The number of hydrogen-bond acceptors (Lipinski definition) is 3. The Morgan fingerprint density at radius 1 is 1.39 bits per heavy atom. The lowest BCUT2D eigenvalue weighted by Gasteiger charge is -2.08. The van der Waals surface area contributed by atoms with Crippen LogP contribution in [0.2, 0.25) is 0 Å². The van der Waals surface area contributed by atoms with E-state index in [0.717, 1.165) is 16.4 Å². The topological polar surface area (TPSA) is 76.0 Å². The number of carbonyl (C=O) groups is 2. The molecule has 9 heteroatoms. The lowest BCUT2D eigenvalue weighted by Crippen LogP contribution is -2.18. The summed E-state index contributed by atoms with van der Waals surface area (Å²) < 4.78 is 39.6. The third-order valence-electron chi connectivity index (χ3n) is 3.39. The lowest BCUT2D eigenvalue weighted by molar-refractivity contribution is -0.141. The maximum Gasteiger partial charge on any atom is 0.435 e. The average molecular weight is 324 g/mol. The summed E-state index contributed by atoms with van der Waals surface area (Å²) in [5.41, 5.74) is -0.431. The molecule has 0 fully saturated rings. The summed E-state index contributed by atoms with van der Waals surface area (Å²) in [7, 11) is 1.30. The molecule has 2 amide bonds. The van der Waals surface area contributed by atoms with E-state index in [1.807, 2.05) is 0 Å². The highest BCUT2D eigenvalue weighted by Gasteiger charge is 2.39. The largest absolute Gasteiger partial charge is 0.435 e. The SMILES string of the molecule is Cn1cc(C(=O)Nc2ccc3c(c2)C(=O)NC3)c(C(F)(F)F)n1. The molecule has 0 saturated carbocycles. The van der Waals surface area contributed by atoms with E-state index < -0.39 is 23.3 Å². The van der Waals surface area contributed by atoms with Crippen molar-refractivity contribution in [3.05, 3.63) is 46.8 Å². The number of nitrogens with one attached hydrogen (secondary N) is 2. The van der Waals surface area contributed by atoms with Crippen molar-refractivity contribution in [2.24, 2.45) is 7.05 Å². The molecule has 6 nitrogen and oxygen atoms in total. The van der Waals surface area contributed by atoms with Crippen LogP contribution in [0.5, 0.6) is 0 Å². The normalized spacial score (nSPS) is 13.7. The highest BCUT2D eigenvalue weighted by Crippen LogP contribution is 2.31. The van der Waals surface area contributed by atoms with Crippen LogP contribution in [0.25, 0.3) is 0 Å². The van der Waals surface area contributed by atoms with Crippen molar-refractivity contribution in [3.8, 4) is 0 Å². The minimum atomic E-state index is -4.73. The number of nitrogens with zero attached hydrogens (tertiary/aromatic N) is 2. The molecule has 1 aliphatic heterocycles. The van der Waals surface area contributed by atoms with Gasteiger partial charge in [-0.25, -0.2) is 0 Å². The van der Waals surface area contributed by atoms with E-state index in [4.69, 9.17) is 0 Å². The summed E-state index contributed by atoms with van der Waals surface area (Å²) in [5, 5.41) is 8.26. The van der Waals surface area contributed by atoms with E-state index in [2.05, 4.69) is 15.7 Å². The molecule has 1 aliphatic rings. The molecule has 0 spiro atoms. The minimum Gasteiger partial charge on any atom is -0.348 e. The molecule has 0 aliphatic carbocycles. The molecule has 120 valence electrons. The van der Waals surface area contributed by atoms with Crippen LogP contribution < -0.4 is 10.6 Å². The fourth-order valence-corrected chi connectivity index (χ4v) is 2.35. The van der Waals surface area contributed by atoms with Crippen LogP contribution in [0.4, 0.5) is 18.9 Å². The van der Waals surface area contributed by atoms with Crippen LogP contribution >= 0.6 is 0 Å². The summed E-state index contributed by atoms with van der Waals surface area (Å²) >= 11 is 0. The Labute approximate surface area is 128 Å². The molecule has 23 heavy (non-hydrogen) atoms. The Bertz CT molecular complexity index is 811. The number of halogens is 3. The number of amides is 2. The molecule has 1 aromatic heterocycles. The fourth-order valence-electron chi connectivity index (χ4n) is 2.35. The van der Waals surface area contributed by atoms with E-state index in [1.165, 1.54) is 19.2 Å². The van der Waals surface area contributed by atoms with Crippen molar-refractivity contribution < 1.29 is 22.8 Å². The Morgan fingerprint density at radius 2 is 2.13 bits per heavy atom. The van der Waals surface area contributed by atoms with Crippen LogP contribution in [-0.4, -0.2) is 21.6 Å². The van der Waals surface area contributed by atoms with E-state index in [9.17, 15) is 22.8 Å². The molecule has 0 bridgehead atoms. The van der Waals surface area contributed by atoms with Crippen molar-refractivity contribution >= 4 is 17.5 Å². The van der Waals surface area contributed by atoms with Gasteiger partial charge in [0.1, 0.15) is 0 Å². The summed E-state index contributed by atoms with van der Waals surface area (Å²) in [6, 6.07) is 4.59. The van der Waals surface area contributed by atoms with Crippen LogP contribution in [0.3, 0.4) is 0 Å². The van der Waals surface area contributed by atoms with Gasteiger partial charge >= 0.3 is 6.18 Å². The summed E-state index contributed by atoms with van der Waals surface area (Å²) in [4.78, 5) is 23.7. The Balaban J connectivity index is 1.89. The zero-order valence-corrected chi connectivity index (χ0v) is 11.9. The number of aromatic nitrogens is 2. The molecule has 0 radical (unpaired) electrons. The molecule has 0 saturated heterocycles. The maximum atomic E-state index is 12.9. The smallest absolute Gasteiger partial charge is 0.348 e. The van der Waals surface area contributed by atoms with Gasteiger partial charge in [-0.3, -0.25) is 14.3 Å². The second-order valence-corrected chi connectivity index (χ2v) is 5.07. The Kier molecular flexibility index (Phi) is 3.35. The van der Waals surface area contributed by atoms with Gasteiger partial charge in [-0.15, -0.1) is 0 Å². The number of aryl methyl sites for hydroxylation is 1. The monoisotopic (exact) mass is 324 g/mol. The molecule has 1 aromatic carbocycles. The van der Waals surface area contributed by atoms with Gasteiger partial charge in [0.25, 0.3) is 11.8 Å². The third kappa shape index (κ3) is 2.77. The highest BCUT2D eigenvalue weighted by atomic mass is 19.4. The standard InChI is InChI=1S/C14H11F3N4O2/c1-21-6-10(11(20-21)14(15,16)17)13(23)19-8-3-2-7-5-18-12(22)9(7)4-8/h2-4,6H,5H2,1H3,(H,18,22)(H,19,23). The first kappa shape index (κ1) is 15.1. The predicted octanol–water partition coefficient (Wildman–Crippen LogP) is 1.93. The second kappa shape index (κ2) is 5.11. The van der Waals surface area contributed by atoms with Gasteiger partial charge in [0.05, 0.1) is 5.56 Å². The molecule has 0 unspecified atom stereocenters. The van der Waals surface area contributed by atoms with Crippen molar-refractivity contribution in [1.29, 1.82) is 0 Å². The van der Waals surface area contributed by atoms with E-state index in [1.54, 1.807) is 6.07 Å². The van der Waals surface area contributed by atoms with Gasteiger partial charge in [0.15, 0.2) is 5.69 Å². The Hall–Kier alpha value is -2.84. The number of benzene rings is 1. The predicted molar refractivity (Wildman–Crippen MR) is 73.8 cm³/mol. The van der Waals surface area contributed by atoms with Crippen LogP contribution in [0, 0.1) is 0 Å². The first-order chi connectivity index (χ1) is 10.8. The molecule has 0 atom stereocenters. The van der Waals surface area contributed by atoms with Gasteiger partial charge in [-0.1, -0.05) is 6.07 Å². The molecular formula is C14H11F3N4O2. The number of fused-ring (bicyclic) bond motifs is 1. The van der Waals surface area contributed by atoms with Crippen molar-refractivity contribution in [1.82, 2.24) is 15.1 Å². The van der Waals surface area contributed by atoms with Crippen molar-refractivity contribution in [2.75, 3.05) is 5.32 Å². The number of hydrogen-bond donors (Lipinski definition) is 2. The van der Waals surface area contributed by atoms with Crippen LogP contribution in [0.1, 0.15) is 32.0 Å². The number of alkyl halides is 3. The molecular weight excluding hydrogens is 313 g/mol. The van der Waals surface area contributed by atoms with Gasteiger partial charge in [0.2, 0.25) is 0 Å². The second-order valence-electron chi connectivity index (χ2n) is 5.07. The first-order valence-electron chi connectivity index (χ1n) is 6.59. The van der Waals surface area contributed by atoms with Gasteiger partial charge in [-0.05, 0) is 17.7 Å². The lowest BCUT2D eigenvalue weighted by atomic mass is 10.1. The van der Waals surface area contributed by atoms with E-state index >= 15 is 0 Å². The molecule has 2 heterocycles. The highest BCUT2D eigenvalue weighted by molar-refractivity contribution is 6.06. The van der Waals surface area contributed by atoms with Crippen molar-refractivity contribution in [2.45, 2.75) is 12.7 Å². The van der Waals surface area contributed by atoms with Crippen LogP contribution in [0.15, 0.2) is 24.4 Å². The average Bonchev–Trinajstić information content (AvgIpc) is 3.03. The summed E-state index contributed by atoms with van der Waals surface area (Å²) in [6.07, 6.45) is -3.73. The van der Waals surface area contributed by atoms with Gasteiger partial charge in [-0.2, -0.15) is 18.3 Å². The molecule has 2 aromatic rings. The van der Waals surface area contributed by atoms with E-state index in [0.29, 0.717) is 12.1 Å². The fraction of sp³-hybridized carbons (Fsp3) is 0.214. The summed E-state index contributed by atoms with van der Waals surface area (Å²) in [6.45, 7) is 0.392. The maximum absolute atomic E-state index is 12.9. The van der Waals surface area contributed by atoms with E-state index in [-0.39, 0.29) is 11.6 Å². The quantitative estimate of drug-likeness (QED) is 0.886. The number of anilines is 1. The summed E-state index contributed by atoms with van der Waals surface area (Å²) in [5.74, 6) is -1.22. The van der Waals surface area contributed by atoms with Gasteiger partial charge < -0.3 is 10.6 Å². The van der Waals surface area contributed by atoms with Crippen LogP contribution in [-0.2, 0) is 19.8 Å². The third-order valence-corrected chi connectivity index (χ3v) is 3.39. The number of rotatable bonds is 2. The zero-order chi connectivity index (χ0) is 16.8. The minimum absolute atomic E-state index is 0.239. The molecule has 2 N–H and O–H groups in total. The first-order valence-corrected chi connectivity index (χ1v) is 6.59. The molecule has 3 rings (SSSR count). The van der Waals surface area contributed by atoms with Crippen molar-refractivity contribution in [3.63, 3.8) is 0 Å². The van der Waals surface area contributed by atoms with Gasteiger partial charge in [0, 0.05) is 31.0 Å². The zero-order valence-electron chi connectivity index (χ0n) is 11.9.